The molecule has 0 radical (unpaired) electrons. The molecule has 2 aromatic rings. The molecule has 5 rings (SSSR count). The smallest absolute Gasteiger partial charge is 0.328 e. The number of carbonyl (C=O) groups is 3. The van der Waals surface area contributed by atoms with Gasteiger partial charge < -0.3 is 24.8 Å². The van der Waals surface area contributed by atoms with Crippen molar-refractivity contribution in [2.75, 3.05) is 19.6 Å². The quantitative estimate of drug-likeness (QED) is 0.687. The molecule has 0 saturated carbocycles. The largest absolute Gasteiger partial charge is 0.478 e. The second-order valence-electron chi connectivity index (χ2n) is 6.90. The number of furan rings is 1. The zero-order chi connectivity index (χ0) is 20.1. The Bertz CT molecular complexity index is 879. The number of hydrogen-bond acceptors (Lipinski definition) is 5. The fourth-order valence-electron chi connectivity index (χ4n) is 3.63. The van der Waals surface area contributed by atoms with E-state index in [0.29, 0.717) is 24.1 Å². The monoisotopic (exact) mass is 386 g/mol. The fourth-order valence-corrected chi connectivity index (χ4v) is 3.63. The van der Waals surface area contributed by atoms with Gasteiger partial charge in [-0.25, -0.2) is 9.59 Å². The number of hydrogen-bond donors (Lipinski definition) is 3. The number of rotatable bonds is 4. The average Bonchev–Trinajstić information content (AvgIpc) is 3.15. The number of amides is 1. The van der Waals surface area contributed by atoms with Crippen LogP contribution in [0.5, 0.6) is 0 Å². The summed E-state index contributed by atoms with van der Waals surface area (Å²) in [5.41, 5.74) is 1.54. The molecule has 3 saturated heterocycles. The van der Waals surface area contributed by atoms with Crippen LogP contribution in [0.25, 0.3) is 11.0 Å². The number of carboxylic acid groups (broad SMARTS) is 2. The standard InChI is InChI=1S/C16H18N2O2.C4H4O4/c19-16(13-1-2-15-12(9-13)5-8-20-15)17-14-10-18-6-3-11(14)4-7-18;5-3(6)1-2-4(7)8/h1-2,5,8-9,11,14H,3-4,6-7,10H2,(H,17,19);1-2H,(H,5,6)(H,7,8)/t14-;/m1./s1. The topological polar surface area (TPSA) is 120 Å². The van der Waals surface area contributed by atoms with Crippen molar-refractivity contribution in [3.8, 4) is 0 Å². The molecular weight excluding hydrogens is 364 g/mol. The lowest BCUT2D eigenvalue weighted by atomic mass is 9.84. The number of benzene rings is 1. The summed E-state index contributed by atoms with van der Waals surface area (Å²) in [5, 5.41) is 19.8. The van der Waals surface area contributed by atoms with E-state index in [4.69, 9.17) is 14.6 Å². The van der Waals surface area contributed by atoms with Crippen LogP contribution in [-0.4, -0.2) is 58.6 Å². The van der Waals surface area contributed by atoms with Crippen LogP contribution in [0, 0.1) is 5.92 Å². The van der Waals surface area contributed by atoms with Crippen LogP contribution in [0.4, 0.5) is 0 Å². The Labute approximate surface area is 161 Å². The van der Waals surface area contributed by atoms with Gasteiger partial charge in [0.05, 0.1) is 6.26 Å². The highest BCUT2D eigenvalue weighted by atomic mass is 16.4. The summed E-state index contributed by atoms with van der Waals surface area (Å²) in [6, 6.07) is 7.80. The third-order valence-electron chi connectivity index (χ3n) is 5.06. The van der Waals surface area contributed by atoms with E-state index in [1.54, 1.807) is 6.26 Å². The molecule has 0 unspecified atom stereocenters. The van der Waals surface area contributed by atoms with Crippen LogP contribution in [0.3, 0.4) is 0 Å². The molecule has 3 aliphatic rings. The van der Waals surface area contributed by atoms with Crippen molar-refractivity contribution in [3.63, 3.8) is 0 Å². The van der Waals surface area contributed by atoms with Gasteiger partial charge in [0.15, 0.2) is 0 Å². The Morgan fingerprint density at radius 2 is 1.75 bits per heavy atom. The van der Waals surface area contributed by atoms with Crippen molar-refractivity contribution < 1.29 is 29.0 Å². The van der Waals surface area contributed by atoms with Crippen LogP contribution >= 0.6 is 0 Å². The summed E-state index contributed by atoms with van der Waals surface area (Å²) < 4.78 is 5.30. The van der Waals surface area contributed by atoms with Gasteiger partial charge >= 0.3 is 11.9 Å². The first-order valence-electron chi connectivity index (χ1n) is 9.07. The van der Waals surface area contributed by atoms with Gasteiger partial charge in [0, 0.05) is 35.7 Å². The van der Waals surface area contributed by atoms with Crippen molar-refractivity contribution >= 4 is 28.8 Å². The SMILES string of the molecule is O=C(N[C@@H]1CN2CCC1CC2)c1ccc2occc2c1.O=C(O)C=CC(=O)O. The normalized spacial score (nSPS) is 23.2. The van der Waals surface area contributed by atoms with E-state index in [1.165, 1.54) is 25.9 Å². The maximum atomic E-state index is 12.4. The molecule has 3 fully saturated rings. The molecule has 0 spiro atoms. The molecule has 1 amide bonds. The van der Waals surface area contributed by atoms with Crippen LogP contribution in [0.2, 0.25) is 0 Å². The highest BCUT2D eigenvalue weighted by Crippen LogP contribution is 2.27. The maximum absolute atomic E-state index is 12.4. The first-order chi connectivity index (χ1) is 13.4. The van der Waals surface area contributed by atoms with E-state index in [-0.39, 0.29) is 5.91 Å². The van der Waals surface area contributed by atoms with Gasteiger partial charge in [-0.1, -0.05) is 0 Å². The molecule has 3 N–H and O–H groups in total. The van der Waals surface area contributed by atoms with Gasteiger partial charge in [0.2, 0.25) is 0 Å². The highest BCUT2D eigenvalue weighted by molar-refractivity contribution is 5.97. The van der Waals surface area contributed by atoms with Crippen LogP contribution in [-0.2, 0) is 9.59 Å². The lowest BCUT2D eigenvalue weighted by molar-refractivity contribution is -0.134. The number of nitrogens with one attached hydrogen (secondary N) is 1. The predicted molar refractivity (Wildman–Crippen MR) is 101 cm³/mol. The Kier molecular flexibility index (Phi) is 6.10. The molecule has 4 heterocycles. The van der Waals surface area contributed by atoms with Crippen LogP contribution in [0.1, 0.15) is 23.2 Å². The zero-order valence-electron chi connectivity index (χ0n) is 15.2. The molecule has 1 aromatic heterocycles. The van der Waals surface area contributed by atoms with Gasteiger partial charge in [-0.15, -0.1) is 0 Å². The van der Waals surface area contributed by atoms with Crippen LogP contribution < -0.4 is 5.32 Å². The first-order valence-corrected chi connectivity index (χ1v) is 9.07. The maximum Gasteiger partial charge on any atom is 0.328 e. The number of fused-ring (bicyclic) bond motifs is 4. The summed E-state index contributed by atoms with van der Waals surface area (Å²) >= 11 is 0. The molecule has 1 atom stereocenters. The fraction of sp³-hybridized carbons (Fsp3) is 0.350. The minimum Gasteiger partial charge on any atom is -0.478 e. The summed E-state index contributed by atoms with van der Waals surface area (Å²) in [7, 11) is 0. The van der Waals surface area contributed by atoms with Crippen molar-refractivity contribution in [1.82, 2.24) is 10.2 Å². The molecule has 8 nitrogen and oxygen atoms in total. The van der Waals surface area contributed by atoms with Gasteiger partial charge in [0.1, 0.15) is 5.58 Å². The lowest BCUT2D eigenvalue weighted by Gasteiger charge is -2.44. The van der Waals surface area contributed by atoms with Crippen LogP contribution in [0.15, 0.2) is 47.1 Å². The molecule has 8 heteroatoms. The second kappa shape index (κ2) is 8.71. The van der Waals surface area contributed by atoms with Crippen molar-refractivity contribution in [2.24, 2.45) is 5.92 Å². The summed E-state index contributed by atoms with van der Waals surface area (Å²) in [4.78, 5) is 34.0. The van der Waals surface area contributed by atoms with Crippen molar-refractivity contribution in [2.45, 2.75) is 18.9 Å². The molecule has 2 bridgehead atoms. The minimum absolute atomic E-state index is 0.0341. The van der Waals surface area contributed by atoms with E-state index in [0.717, 1.165) is 23.1 Å². The number of nitrogens with zero attached hydrogens (tertiary/aromatic N) is 1. The number of piperidine rings is 3. The summed E-state index contributed by atoms with van der Waals surface area (Å²) in [6.45, 7) is 3.39. The number of carboxylic acids is 2. The van der Waals surface area contributed by atoms with Crippen molar-refractivity contribution in [3.05, 3.63) is 48.2 Å². The van der Waals surface area contributed by atoms with E-state index in [2.05, 4.69) is 10.2 Å². The van der Waals surface area contributed by atoms with E-state index in [1.807, 2.05) is 24.3 Å². The third kappa shape index (κ3) is 4.98. The third-order valence-corrected chi connectivity index (χ3v) is 5.06. The minimum atomic E-state index is -1.26. The summed E-state index contributed by atoms with van der Waals surface area (Å²) in [5.74, 6) is -1.83. The molecule has 0 aliphatic carbocycles. The van der Waals surface area contributed by atoms with Gasteiger partial charge in [-0.05, 0) is 56.1 Å². The lowest BCUT2D eigenvalue weighted by Crippen LogP contribution is -2.57. The first kappa shape index (κ1) is 19.6. The molecular formula is C20H22N2O6. The Balaban J connectivity index is 0.000000242. The van der Waals surface area contributed by atoms with Gasteiger partial charge in [-0.2, -0.15) is 0 Å². The number of aliphatic carboxylic acids is 2. The van der Waals surface area contributed by atoms with Gasteiger partial charge in [-0.3, -0.25) is 4.79 Å². The van der Waals surface area contributed by atoms with Gasteiger partial charge in [0.25, 0.3) is 5.91 Å². The van der Waals surface area contributed by atoms with E-state index in [9.17, 15) is 14.4 Å². The Morgan fingerprint density at radius 3 is 2.32 bits per heavy atom. The Hall–Kier alpha value is -3.13. The number of carbonyl (C=O) groups excluding carboxylic acids is 1. The Morgan fingerprint density at radius 1 is 1.07 bits per heavy atom. The molecule has 1 aromatic carbocycles. The highest BCUT2D eigenvalue weighted by Gasteiger charge is 2.34. The average molecular weight is 386 g/mol. The molecule has 28 heavy (non-hydrogen) atoms. The summed E-state index contributed by atoms with van der Waals surface area (Å²) in [6.07, 6.45) is 5.20. The molecule has 148 valence electrons. The van der Waals surface area contributed by atoms with E-state index < -0.39 is 11.9 Å². The van der Waals surface area contributed by atoms with E-state index >= 15 is 0 Å². The molecule has 3 aliphatic heterocycles. The predicted octanol–water partition coefficient (Wildman–Crippen LogP) is 1.97. The second-order valence-corrected chi connectivity index (χ2v) is 6.90. The zero-order valence-corrected chi connectivity index (χ0v) is 15.2. The van der Waals surface area contributed by atoms with Crippen molar-refractivity contribution in [1.29, 1.82) is 0 Å².